The van der Waals surface area contributed by atoms with Gasteiger partial charge < -0.3 is 9.13 Å². The number of hydrogen-bond donors (Lipinski definition) is 0. The zero-order chi connectivity index (χ0) is 38.2. The average molecular weight is 773 g/mol. The minimum atomic E-state index is -2.79. The first-order chi connectivity index (χ1) is 28.8. The smallest absolute Gasteiger partial charge is 0.181 e. The van der Waals surface area contributed by atoms with Crippen LogP contribution in [0.1, 0.15) is 0 Å². The fraction of sp³-hybridized carbons (Fsp3) is 0. The minimum Gasteiger partial charge on any atom is -0.307 e. The molecule has 1 aliphatic heterocycles. The molecule has 9 aromatic carbocycles. The lowest BCUT2D eigenvalue weighted by atomic mass is 10.0. The molecular weight excluding hydrogens is 737 g/mol. The van der Waals surface area contributed by atoms with E-state index < -0.39 is 8.07 Å². The van der Waals surface area contributed by atoms with Crippen LogP contribution in [-0.4, -0.2) is 17.2 Å². The maximum absolute atomic E-state index is 2.79. The predicted octanol–water partition coefficient (Wildman–Crippen LogP) is 11.4. The van der Waals surface area contributed by atoms with E-state index in [1.165, 1.54) is 85.3 Å². The summed E-state index contributed by atoms with van der Waals surface area (Å²) in [5.74, 6) is 0. The Morgan fingerprint density at radius 2 is 0.879 bits per heavy atom. The molecule has 3 heterocycles. The van der Waals surface area contributed by atoms with E-state index in [4.69, 9.17) is 0 Å². The molecule has 1 aliphatic rings. The number of nitrogens with zero attached hydrogens (tertiary/aromatic N) is 2. The third-order valence-corrected chi connectivity index (χ3v) is 18.6. The zero-order valence-electron chi connectivity index (χ0n) is 31.6. The maximum atomic E-state index is 2.56. The second kappa shape index (κ2) is 13.1. The van der Waals surface area contributed by atoms with Gasteiger partial charge in [0.05, 0.1) is 33.4 Å². The van der Waals surface area contributed by atoms with Gasteiger partial charge in [-0.25, -0.2) is 0 Å². The van der Waals surface area contributed by atoms with Gasteiger partial charge in [0.1, 0.15) is 0 Å². The van der Waals surface area contributed by atoms with Crippen LogP contribution in [0.5, 0.6) is 0 Å². The van der Waals surface area contributed by atoms with Crippen LogP contribution in [0.3, 0.4) is 0 Å². The molecule has 11 aromatic rings. The van der Waals surface area contributed by atoms with Crippen molar-refractivity contribution in [1.82, 2.24) is 9.13 Å². The number of benzene rings is 9. The number of fused-ring (bicyclic) bond motifs is 8. The quantitative estimate of drug-likeness (QED) is 0.158. The molecule has 0 fully saturated rings. The van der Waals surface area contributed by atoms with Crippen LogP contribution in [0.25, 0.3) is 66.1 Å². The highest BCUT2D eigenvalue weighted by Gasteiger charge is 2.47. The van der Waals surface area contributed by atoms with Crippen LogP contribution < -0.4 is 20.7 Å². The molecular formula is C54H36N2SSi. The lowest BCUT2D eigenvalue weighted by molar-refractivity contribution is 1.13. The molecule has 0 bridgehead atoms. The zero-order valence-corrected chi connectivity index (χ0v) is 33.4. The molecule has 58 heavy (non-hydrogen) atoms. The summed E-state index contributed by atoms with van der Waals surface area (Å²) in [6.07, 6.45) is 0. The van der Waals surface area contributed by atoms with E-state index in [0.717, 1.165) is 11.4 Å². The van der Waals surface area contributed by atoms with E-state index in [1.807, 2.05) is 11.8 Å². The first-order valence-electron chi connectivity index (χ1n) is 19.9. The molecule has 272 valence electrons. The van der Waals surface area contributed by atoms with Gasteiger partial charge in [-0.3, -0.25) is 0 Å². The van der Waals surface area contributed by atoms with Gasteiger partial charge in [0.25, 0.3) is 0 Å². The van der Waals surface area contributed by atoms with Gasteiger partial charge in [-0.15, -0.1) is 0 Å². The number of para-hydroxylation sites is 4. The third kappa shape index (κ3) is 4.73. The van der Waals surface area contributed by atoms with E-state index >= 15 is 0 Å². The van der Waals surface area contributed by atoms with Gasteiger partial charge >= 0.3 is 0 Å². The predicted molar refractivity (Wildman–Crippen MR) is 248 cm³/mol. The Balaban J connectivity index is 1.22. The molecule has 0 saturated carbocycles. The first-order valence-corrected chi connectivity index (χ1v) is 22.8. The number of hydrogen-bond acceptors (Lipinski definition) is 1. The maximum Gasteiger partial charge on any atom is 0.181 e. The van der Waals surface area contributed by atoms with E-state index in [0.29, 0.717) is 0 Å². The largest absolute Gasteiger partial charge is 0.307 e. The molecule has 0 unspecified atom stereocenters. The monoisotopic (exact) mass is 772 g/mol. The second-order valence-corrected chi connectivity index (χ2v) is 20.0. The fourth-order valence-corrected chi connectivity index (χ4v) is 16.9. The lowest BCUT2D eigenvalue weighted by Crippen LogP contribution is -2.76. The summed E-state index contributed by atoms with van der Waals surface area (Å²) in [5, 5.41) is 10.7. The van der Waals surface area contributed by atoms with Crippen molar-refractivity contribution >= 4 is 84.2 Å². The van der Waals surface area contributed by atoms with Gasteiger partial charge in [-0.1, -0.05) is 188 Å². The SMILES string of the molecule is c1ccc(-c2ccccc2-n2c3ccccc3c3cccc(-n4c5ccccc5c5ccc([Si]6(c7ccccc7)c7ccccc7Sc7ccccc76)cc54)c32)cc1. The van der Waals surface area contributed by atoms with Gasteiger partial charge in [0.15, 0.2) is 8.07 Å². The molecule has 0 aliphatic carbocycles. The van der Waals surface area contributed by atoms with Crippen molar-refractivity contribution in [2.24, 2.45) is 0 Å². The van der Waals surface area contributed by atoms with Crippen LogP contribution in [-0.2, 0) is 0 Å². The highest BCUT2D eigenvalue weighted by molar-refractivity contribution is 8.00. The molecule has 0 atom stereocenters. The third-order valence-electron chi connectivity index (χ3n) is 12.3. The highest BCUT2D eigenvalue weighted by atomic mass is 32.2. The topological polar surface area (TPSA) is 9.86 Å². The number of rotatable bonds is 5. The van der Waals surface area contributed by atoms with Crippen LogP contribution in [0, 0.1) is 0 Å². The van der Waals surface area contributed by atoms with Gasteiger partial charge in [0, 0.05) is 36.9 Å². The van der Waals surface area contributed by atoms with Crippen molar-refractivity contribution in [3.05, 3.63) is 218 Å². The summed E-state index contributed by atoms with van der Waals surface area (Å²) in [5.41, 5.74) is 9.53. The first kappa shape index (κ1) is 33.3. The summed E-state index contributed by atoms with van der Waals surface area (Å²) < 4.78 is 5.07. The van der Waals surface area contributed by atoms with Crippen molar-refractivity contribution in [3.63, 3.8) is 0 Å². The highest BCUT2D eigenvalue weighted by Crippen LogP contribution is 2.42. The van der Waals surface area contributed by atoms with Gasteiger partial charge in [-0.2, -0.15) is 0 Å². The fourth-order valence-electron chi connectivity index (χ4n) is 9.90. The number of aromatic nitrogens is 2. The molecule has 2 aromatic heterocycles. The van der Waals surface area contributed by atoms with Gasteiger partial charge in [-0.05, 0) is 68.8 Å². The molecule has 2 nitrogen and oxygen atoms in total. The van der Waals surface area contributed by atoms with E-state index in [9.17, 15) is 0 Å². The van der Waals surface area contributed by atoms with Crippen molar-refractivity contribution in [3.8, 4) is 22.5 Å². The summed E-state index contributed by atoms with van der Waals surface area (Å²) in [6, 6.07) is 81.4. The van der Waals surface area contributed by atoms with Crippen LogP contribution >= 0.6 is 11.8 Å². The van der Waals surface area contributed by atoms with E-state index in [2.05, 4.69) is 228 Å². The second-order valence-electron chi connectivity index (χ2n) is 15.2. The molecule has 0 radical (unpaired) electrons. The molecule has 4 heteroatoms. The van der Waals surface area contributed by atoms with Gasteiger partial charge in [0.2, 0.25) is 0 Å². The van der Waals surface area contributed by atoms with Crippen molar-refractivity contribution < 1.29 is 0 Å². The molecule has 0 N–H and O–H groups in total. The molecule has 12 rings (SSSR count). The summed E-state index contributed by atoms with van der Waals surface area (Å²) in [6.45, 7) is 0. The standard InChI is InChI=1S/C54H36N2SSi/c1-3-18-37(19-4-1)40-22-7-10-26-45(40)56-47-28-12-9-24-42(47)44-25-17-29-48(54(44)56)55-46-27-11-8-23-41(46)43-35-34-39(36-49(43)55)58(38-20-5-2-6-21-38)52-32-15-13-30-50(52)57-51-31-14-16-33-53(51)58/h1-36H. The minimum absolute atomic E-state index is 1.16. The van der Waals surface area contributed by atoms with Crippen molar-refractivity contribution in [1.29, 1.82) is 0 Å². The van der Waals surface area contributed by atoms with Crippen molar-refractivity contribution in [2.45, 2.75) is 9.79 Å². The van der Waals surface area contributed by atoms with Crippen LogP contribution in [0.15, 0.2) is 228 Å². The van der Waals surface area contributed by atoms with E-state index in [1.54, 1.807) is 0 Å². The Bertz CT molecular complexity index is 3330. The summed E-state index contributed by atoms with van der Waals surface area (Å²) in [4.78, 5) is 2.70. The van der Waals surface area contributed by atoms with E-state index in [-0.39, 0.29) is 0 Å². The van der Waals surface area contributed by atoms with Crippen LogP contribution in [0.2, 0.25) is 0 Å². The summed E-state index contributed by atoms with van der Waals surface area (Å²) >= 11 is 1.91. The molecule has 0 saturated heterocycles. The molecule has 0 spiro atoms. The molecule has 0 amide bonds. The Hall–Kier alpha value is -6.85. The Kier molecular flexibility index (Phi) is 7.52. The Labute approximate surface area is 342 Å². The lowest BCUT2D eigenvalue weighted by Gasteiger charge is -2.39. The average Bonchev–Trinajstić information content (AvgIpc) is 3.81. The Morgan fingerprint density at radius 3 is 1.62 bits per heavy atom. The Morgan fingerprint density at radius 1 is 0.345 bits per heavy atom. The summed E-state index contributed by atoms with van der Waals surface area (Å²) in [7, 11) is -2.79. The van der Waals surface area contributed by atoms with Crippen molar-refractivity contribution in [2.75, 3.05) is 0 Å². The normalized spacial score (nSPS) is 13.2. The van der Waals surface area contributed by atoms with Crippen LogP contribution in [0.4, 0.5) is 0 Å².